The lowest BCUT2D eigenvalue weighted by atomic mass is 9.55. The molecule has 1 aromatic heterocycles. The van der Waals surface area contributed by atoms with E-state index >= 15 is 0 Å². The van der Waals surface area contributed by atoms with Crippen molar-refractivity contribution >= 4 is 307 Å². The molecule has 1 heterocycles. The summed E-state index contributed by atoms with van der Waals surface area (Å²) < 4.78 is 6.15. The third-order valence-corrected chi connectivity index (χ3v) is 12.2. The number of fused-ring (bicyclic) bond motifs is 6. The van der Waals surface area contributed by atoms with E-state index in [2.05, 4.69) is 0 Å². The van der Waals surface area contributed by atoms with Crippen molar-refractivity contribution in [2.24, 2.45) is 0 Å². The van der Waals surface area contributed by atoms with Gasteiger partial charge in [0.1, 0.15) is 160 Å². The minimum atomic E-state index is -0.147. The second kappa shape index (κ2) is 14.8. The van der Waals surface area contributed by atoms with Gasteiger partial charge in [-0.15, -0.1) is 32.8 Å². The fourth-order valence-electron chi connectivity index (χ4n) is 8.93. The van der Waals surface area contributed by atoms with Gasteiger partial charge >= 0.3 is 0 Å². The van der Waals surface area contributed by atoms with Gasteiger partial charge in [0, 0.05) is 10.8 Å². The first-order valence-electron chi connectivity index (χ1n) is 18.7. The van der Waals surface area contributed by atoms with E-state index in [0.29, 0.717) is 33.1 Å². The maximum absolute atomic E-state index is 7.10. The summed E-state index contributed by atoms with van der Waals surface area (Å²) in [6.07, 6.45) is 0. The Kier molecular flexibility index (Phi) is 10.2. The van der Waals surface area contributed by atoms with Gasteiger partial charge in [-0.25, -0.2) is 0 Å². The Labute approximate surface area is 385 Å². The van der Waals surface area contributed by atoms with Crippen molar-refractivity contribution in [1.82, 2.24) is 0 Å². The molecule has 0 spiro atoms. The van der Waals surface area contributed by atoms with Gasteiger partial charge < -0.3 is 4.42 Å². The number of benzene rings is 8. The number of furan rings is 1. The minimum absolute atomic E-state index is 0.00396. The van der Waals surface area contributed by atoms with Crippen LogP contribution in [-0.2, 0) is 0 Å². The van der Waals surface area contributed by atoms with E-state index in [-0.39, 0.29) is 148 Å². The molecule has 1 nitrogen and oxygen atoms in total. The van der Waals surface area contributed by atoms with E-state index in [1.807, 2.05) is 42.5 Å². The Hall–Kier alpha value is -4.43. The zero-order chi connectivity index (χ0) is 44.9. The monoisotopic (exact) mass is 736 g/mol. The summed E-state index contributed by atoms with van der Waals surface area (Å²) in [7, 11) is 128. The van der Waals surface area contributed by atoms with Gasteiger partial charge in [0.25, 0.3) is 0 Å². The van der Waals surface area contributed by atoms with Crippen LogP contribution < -0.4 is 104 Å². The lowest BCUT2D eigenvalue weighted by molar-refractivity contribution is 0.669. The van der Waals surface area contributed by atoms with Gasteiger partial charge in [-0.1, -0.05) is 95.3 Å². The number of para-hydroxylation sites is 1. The largest absolute Gasteiger partial charge is 0.456 e. The predicted octanol–water partition coefficient (Wildman–Crippen LogP) is -10.9. The molecule has 20 heteroatoms. The number of rotatable bonds is 3. The van der Waals surface area contributed by atoms with Crippen LogP contribution in [0.2, 0.25) is 0 Å². The third-order valence-electron chi connectivity index (χ3n) is 12.2. The summed E-state index contributed by atoms with van der Waals surface area (Å²) >= 11 is 0. The Balaban J connectivity index is 1.49. The van der Waals surface area contributed by atoms with Crippen molar-refractivity contribution in [3.8, 4) is 33.4 Å². The van der Waals surface area contributed by atoms with Crippen LogP contribution in [0.3, 0.4) is 0 Å². The lowest BCUT2D eigenvalue weighted by Crippen LogP contribution is -2.53. The summed E-state index contributed by atoms with van der Waals surface area (Å²) in [5.41, 5.74) is 1.69. The molecule has 0 fully saturated rings. The number of hydrogen-bond acceptors (Lipinski definition) is 1. The van der Waals surface area contributed by atoms with Crippen LogP contribution >= 0.6 is 0 Å². The second-order valence-corrected chi connectivity index (χ2v) is 15.3. The first-order valence-corrected chi connectivity index (χ1v) is 18.7. The van der Waals surface area contributed by atoms with Crippen LogP contribution in [0.1, 0.15) is 0 Å². The summed E-state index contributed by atoms with van der Waals surface area (Å²) in [5.74, 6) is 0. The quantitative estimate of drug-likeness (QED) is 0.130. The van der Waals surface area contributed by atoms with Gasteiger partial charge in [-0.3, -0.25) is 0 Å². The zero-order valence-corrected chi connectivity index (χ0v) is 32.9. The molecule has 0 aliphatic carbocycles. The molecule has 8 aromatic carbocycles. The van der Waals surface area contributed by atoms with Crippen LogP contribution in [0.25, 0.3) is 87.6 Å². The van der Waals surface area contributed by atoms with Gasteiger partial charge in [0.2, 0.25) is 0 Å². The lowest BCUT2D eigenvalue weighted by Gasteiger charge is -2.32. The van der Waals surface area contributed by atoms with Crippen molar-refractivity contribution in [2.75, 3.05) is 0 Å². The van der Waals surface area contributed by atoms with Crippen LogP contribution in [-0.4, -0.2) is 149 Å². The summed E-state index contributed by atoms with van der Waals surface area (Å²) in [6, 6.07) is 13.1. The molecule has 62 heavy (non-hydrogen) atoms. The molecule has 0 aliphatic rings. The van der Waals surface area contributed by atoms with Gasteiger partial charge in [-0.2, -0.15) is 0 Å². The first kappa shape index (κ1) is 42.9. The molecule has 238 valence electrons. The van der Waals surface area contributed by atoms with E-state index in [1.165, 1.54) is 0 Å². The van der Waals surface area contributed by atoms with Crippen LogP contribution in [0.4, 0.5) is 0 Å². The van der Waals surface area contributed by atoms with Crippen molar-refractivity contribution in [3.63, 3.8) is 0 Å². The molecule has 9 aromatic rings. The van der Waals surface area contributed by atoms with Gasteiger partial charge in [0.05, 0.1) is 0 Å². The van der Waals surface area contributed by atoms with Crippen molar-refractivity contribution in [3.05, 3.63) is 42.5 Å². The minimum Gasteiger partial charge on any atom is -0.456 e. The maximum Gasteiger partial charge on any atom is 0.135 e. The van der Waals surface area contributed by atoms with E-state index in [1.54, 1.807) is 0 Å². The molecule has 0 unspecified atom stereocenters. The van der Waals surface area contributed by atoms with Crippen LogP contribution in [0.5, 0.6) is 0 Å². The van der Waals surface area contributed by atoms with E-state index in [9.17, 15) is 0 Å². The van der Waals surface area contributed by atoms with Crippen LogP contribution in [0.15, 0.2) is 46.9 Å². The number of hydrogen-bond donors (Lipinski definition) is 0. The first-order chi connectivity index (χ1) is 29.2. The zero-order valence-electron chi connectivity index (χ0n) is 32.9. The highest BCUT2D eigenvalue weighted by atomic mass is 16.3. The molecular weight excluding hydrogens is 726 g/mol. The molecule has 0 atom stereocenters. The Morgan fingerprint density at radius 3 is 1.03 bits per heavy atom. The summed E-state index contributed by atoms with van der Waals surface area (Å²) in [5, 5.41) is 2.95. The predicted molar refractivity (Wildman–Crippen MR) is 285 cm³/mol. The maximum atomic E-state index is 7.10. The van der Waals surface area contributed by atoms with Crippen molar-refractivity contribution in [1.29, 1.82) is 0 Å². The van der Waals surface area contributed by atoms with Crippen molar-refractivity contribution < 1.29 is 4.42 Å². The third kappa shape index (κ3) is 5.62. The SMILES string of the molecule is [B]c1c([B])c(-c2c3c([B])c([B])c([B])c([B])c3c(-c3ccc4oc5ccccc5c4c3)c3c([B])c([B])c([B])c([B])c23)c([B])c([B])c1-c1c([B])c([B])c2c([B])c([B])c([B])c([B])c2c1[B]. The molecule has 0 N–H and O–H groups in total. The Morgan fingerprint density at radius 2 is 0.565 bits per heavy atom. The average Bonchev–Trinajstić information content (AvgIpc) is 3.63. The van der Waals surface area contributed by atoms with E-state index in [4.69, 9.17) is 153 Å². The molecular formula is C42H7B19O. The molecule has 0 amide bonds. The van der Waals surface area contributed by atoms with E-state index < -0.39 is 0 Å². The standard InChI is InChI=1S/C42H7B19O/c43-24-20(31(50)34(53)23-21(24)35(54)41(60)42(61)36(23)55)22-32(51)29(48)19(30(49)33(22)52)14-17-15(25(44)37(56)39(58)27(17)46)13(16-18(14)28(47)40(59)38(57)26(16)45)8-5-6-12-10(7-8)9-3-1-2-4-11(9)62-12/h1-7H. The highest BCUT2D eigenvalue weighted by molar-refractivity contribution is 6.75. The van der Waals surface area contributed by atoms with Crippen molar-refractivity contribution in [2.45, 2.75) is 0 Å². The Bertz CT molecular complexity index is 3460. The molecule has 0 bridgehead atoms. The highest BCUT2D eigenvalue weighted by Gasteiger charge is 2.28. The molecule has 38 radical (unpaired) electrons. The fraction of sp³-hybridized carbons (Fsp3) is 0. The molecule has 0 saturated heterocycles. The van der Waals surface area contributed by atoms with Crippen LogP contribution in [0, 0.1) is 0 Å². The Morgan fingerprint density at radius 1 is 0.242 bits per heavy atom. The molecule has 0 saturated carbocycles. The molecule has 9 rings (SSSR count). The fourth-order valence-corrected chi connectivity index (χ4v) is 8.93. The summed E-state index contributed by atoms with van der Waals surface area (Å²) in [6.45, 7) is 0. The normalized spacial score (nSPS) is 11.8. The second-order valence-electron chi connectivity index (χ2n) is 15.3. The van der Waals surface area contributed by atoms with E-state index in [0.717, 1.165) is 10.8 Å². The highest BCUT2D eigenvalue weighted by Crippen LogP contribution is 2.41. The van der Waals surface area contributed by atoms with Gasteiger partial charge in [-0.05, 0) is 83.9 Å². The van der Waals surface area contributed by atoms with Gasteiger partial charge in [0.15, 0.2) is 0 Å². The topological polar surface area (TPSA) is 13.1 Å². The smallest absolute Gasteiger partial charge is 0.135 e. The average molecular weight is 733 g/mol. The molecule has 0 aliphatic heterocycles. The summed E-state index contributed by atoms with van der Waals surface area (Å²) in [4.78, 5) is 0.